The molecule has 0 saturated carbocycles. The number of hydrogen-bond donors (Lipinski definition) is 2. The summed E-state index contributed by atoms with van der Waals surface area (Å²) < 4.78 is 1.57. The van der Waals surface area contributed by atoms with E-state index in [4.69, 9.17) is 0 Å². The monoisotopic (exact) mass is 555 g/mol. The van der Waals surface area contributed by atoms with Crippen LogP contribution >= 0.6 is 24.0 Å². The molecule has 1 aromatic heterocycles. The molecule has 10 heteroatoms. The molecule has 1 heterocycles. The molecule has 32 heavy (non-hydrogen) atoms. The van der Waals surface area contributed by atoms with Gasteiger partial charge in [0.2, 0.25) is 11.8 Å². The van der Waals surface area contributed by atoms with Crippen LogP contribution in [0.25, 0.3) is 0 Å². The van der Waals surface area contributed by atoms with Gasteiger partial charge in [0.05, 0.1) is 13.1 Å². The highest BCUT2D eigenvalue weighted by atomic mass is 127. The summed E-state index contributed by atoms with van der Waals surface area (Å²) in [4.78, 5) is 32.9. The number of guanidine groups is 1. The topological polar surface area (TPSA) is 94.9 Å². The Hall–Kier alpha value is -2.63. The zero-order chi connectivity index (χ0) is 22.6. The molecule has 0 spiro atoms. The lowest BCUT2D eigenvalue weighted by Crippen LogP contribution is -2.45. The number of nitrogens with zero attached hydrogens (tertiary/aromatic N) is 5. The number of likely N-dealkylation sites (N-methyl/N-ethyl adjacent to an activating group) is 2. The van der Waals surface area contributed by atoms with Crippen LogP contribution in [-0.2, 0) is 22.7 Å². The van der Waals surface area contributed by atoms with Crippen molar-refractivity contribution < 1.29 is 9.59 Å². The number of anilines is 1. The van der Waals surface area contributed by atoms with Crippen molar-refractivity contribution >= 4 is 47.4 Å². The summed E-state index contributed by atoms with van der Waals surface area (Å²) in [6, 6.07) is 9.36. The fourth-order valence-electron chi connectivity index (χ4n) is 3.08. The minimum absolute atomic E-state index is 0. The van der Waals surface area contributed by atoms with Gasteiger partial charge >= 0.3 is 0 Å². The molecule has 2 aromatic rings. The minimum atomic E-state index is -0.146. The van der Waals surface area contributed by atoms with E-state index in [1.807, 2.05) is 57.0 Å². The first-order chi connectivity index (χ1) is 15.0. The van der Waals surface area contributed by atoms with E-state index in [0.29, 0.717) is 37.8 Å². The third-order valence-electron chi connectivity index (χ3n) is 4.67. The molecule has 0 atom stereocenters. The summed E-state index contributed by atoms with van der Waals surface area (Å²) in [6.45, 7) is 8.86. The van der Waals surface area contributed by atoms with Crippen LogP contribution in [-0.4, -0.2) is 70.6 Å². The van der Waals surface area contributed by atoms with Crippen LogP contribution in [0, 0.1) is 0 Å². The van der Waals surface area contributed by atoms with Crippen molar-refractivity contribution in [1.29, 1.82) is 0 Å². The fourth-order valence-corrected chi connectivity index (χ4v) is 3.08. The number of benzene rings is 1. The predicted octanol–water partition coefficient (Wildman–Crippen LogP) is 2.41. The molecule has 1 aromatic carbocycles. The van der Waals surface area contributed by atoms with Crippen molar-refractivity contribution in [3.8, 4) is 0 Å². The third-order valence-corrected chi connectivity index (χ3v) is 4.67. The van der Waals surface area contributed by atoms with Crippen LogP contribution in [0.5, 0.6) is 0 Å². The average molecular weight is 555 g/mol. The maximum Gasteiger partial charge on any atom is 0.246 e. The molecule has 0 fully saturated rings. The van der Waals surface area contributed by atoms with Crippen molar-refractivity contribution in [2.24, 2.45) is 4.99 Å². The number of rotatable bonds is 10. The highest BCUT2D eigenvalue weighted by molar-refractivity contribution is 14.0. The molecule has 2 N–H and O–H groups in total. The lowest BCUT2D eigenvalue weighted by molar-refractivity contribution is -0.131. The van der Waals surface area contributed by atoms with Gasteiger partial charge in [-0.2, -0.15) is 5.10 Å². The molecule has 9 nitrogen and oxygen atoms in total. The number of amides is 2. The van der Waals surface area contributed by atoms with E-state index in [2.05, 4.69) is 20.7 Å². The molecule has 0 bridgehead atoms. The standard InChI is InChI=1S/C22H33N7O2.HI/c1-5-23-22(27(4)17-21(31)28(6-2)7-3)24-15-18-10-8-11-19(14-18)26-20(30)16-29-13-9-12-25-29;/h8-14H,5-7,15-17H2,1-4H3,(H,23,24)(H,26,30);1H. The van der Waals surface area contributed by atoms with Crippen LogP contribution in [0.3, 0.4) is 0 Å². The molecule has 0 radical (unpaired) electrons. The first kappa shape index (κ1) is 27.4. The first-order valence-electron chi connectivity index (χ1n) is 10.6. The molecule has 0 aliphatic carbocycles. The summed E-state index contributed by atoms with van der Waals surface area (Å²) >= 11 is 0. The van der Waals surface area contributed by atoms with Crippen LogP contribution < -0.4 is 10.6 Å². The predicted molar refractivity (Wildman–Crippen MR) is 138 cm³/mol. The second kappa shape index (κ2) is 14.4. The summed E-state index contributed by atoms with van der Waals surface area (Å²) in [7, 11) is 1.86. The van der Waals surface area contributed by atoms with Gasteiger partial charge in [0.15, 0.2) is 5.96 Å². The fraction of sp³-hybridized carbons (Fsp3) is 0.455. The van der Waals surface area contributed by atoms with E-state index in [1.165, 1.54) is 0 Å². The van der Waals surface area contributed by atoms with Gasteiger partial charge in [0, 0.05) is 44.8 Å². The summed E-state index contributed by atoms with van der Waals surface area (Å²) in [5.41, 5.74) is 1.66. The lowest BCUT2D eigenvalue weighted by Gasteiger charge is -2.25. The molecule has 0 aliphatic heterocycles. The number of halogens is 1. The number of hydrogen-bond acceptors (Lipinski definition) is 4. The molecular weight excluding hydrogens is 521 g/mol. The second-order valence-electron chi connectivity index (χ2n) is 7.04. The Morgan fingerprint density at radius 3 is 2.53 bits per heavy atom. The number of carbonyl (C=O) groups is 2. The molecule has 176 valence electrons. The third kappa shape index (κ3) is 8.85. The van der Waals surface area contributed by atoms with Gasteiger partial charge in [0.1, 0.15) is 6.54 Å². The molecular formula is C22H34IN7O2. The smallest absolute Gasteiger partial charge is 0.246 e. The van der Waals surface area contributed by atoms with E-state index < -0.39 is 0 Å². The Balaban J connectivity index is 0.00000512. The number of carbonyl (C=O) groups excluding carboxylic acids is 2. The highest BCUT2D eigenvalue weighted by Gasteiger charge is 2.15. The van der Waals surface area contributed by atoms with Gasteiger partial charge < -0.3 is 20.4 Å². The van der Waals surface area contributed by atoms with E-state index in [9.17, 15) is 9.59 Å². The van der Waals surface area contributed by atoms with Crippen molar-refractivity contribution in [2.75, 3.05) is 38.5 Å². The van der Waals surface area contributed by atoms with Crippen LogP contribution in [0.2, 0.25) is 0 Å². The van der Waals surface area contributed by atoms with E-state index in [0.717, 1.165) is 5.56 Å². The molecule has 0 aliphatic rings. The Morgan fingerprint density at radius 2 is 1.91 bits per heavy atom. The number of nitrogens with one attached hydrogen (secondary N) is 2. The lowest BCUT2D eigenvalue weighted by atomic mass is 10.2. The number of aliphatic imine (C=N–C) groups is 1. The van der Waals surface area contributed by atoms with Gasteiger partial charge in [-0.05, 0) is 44.5 Å². The van der Waals surface area contributed by atoms with E-state index in [1.54, 1.807) is 28.0 Å². The van der Waals surface area contributed by atoms with Crippen LogP contribution in [0.4, 0.5) is 5.69 Å². The van der Waals surface area contributed by atoms with Crippen LogP contribution in [0.1, 0.15) is 26.3 Å². The summed E-state index contributed by atoms with van der Waals surface area (Å²) in [5.74, 6) is 0.587. The molecule has 0 unspecified atom stereocenters. The minimum Gasteiger partial charge on any atom is -0.357 e. The second-order valence-corrected chi connectivity index (χ2v) is 7.04. The SMILES string of the molecule is CCNC(=NCc1cccc(NC(=O)Cn2cccn2)c1)N(C)CC(=O)N(CC)CC.I. The molecule has 2 rings (SSSR count). The maximum atomic E-state index is 12.4. The Bertz CT molecular complexity index is 867. The van der Waals surface area contributed by atoms with Crippen molar-refractivity contribution in [1.82, 2.24) is 24.9 Å². The van der Waals surface area contributed by atoms with Gasteiger partial charge in [-0.25, -0.2) is 4.99 Å². The van der Waals surface area contributed by atoms with Crippen molar-refractivity contribution in [2.45, 2.75) is 33.9 Å². The van der Waals surface area contributed by atoms with Crippen LogP contribution in [0.15, 0.2) is 47.7 Å². The first-order valence-corrected chi connectivity index (χ1v) is 10.6. The largest absolute Gasteiger partial charge is 0.357 e. The summed E-state index contributed by atoms with van der Waals surface area (Å²) in [6.07, 6.45) is 3.38. The van der Waals surface area contributed by atoms with Crippen molar-refractivity contribution in [3.63, 3.8) is 0 Å². The van der Waals surface area contributed by atoms with Gasteiger partial charge in [0.25, 0.3) is 0 Å². The molecule has 0 saturated heterocycles. The quantitative estimate of drug-likeness (QED) is 0.267. The summed E-state index contributed by atoms with van der Waals surface area (Å²) in [5, 5.41) is 10.2. The zero-order valence-corrected chi connectivity index (χ0v) is 21.6. The van der Waals surface area contributed by atoms with Gasteiger partial charge in [-0.15, -0.1) is 24.0 Å². The Morgan fingerprint density at radius 1 is 1.16 bits per heavy atom. The Labute approximate surface area is 207 Å². The molecule has 2 amide bonds. The average Bonchev–Trinajstić information content (AvgIpc) is 3.25. The normalized spacial score (nSPS) is 10.8. The zero-order valence-electron chi connectivity index (χ0n) is 19.2. The van der Waals surface area contributed by atoms with Gasteiger partial charge in [-0.1, -0.05) is 12.1 Å². The Kier molecular flexibility index (Phi) is 12.4. The van der Waals surface area contributed by atoms with Crippen molar-refractivity contribution in [3.05, 3.63) is 48.3 Å². The van der Waals surface area contributed by atoms with E-state index in [-0.39, 0.29) is 48.9 Å². The van der Waals surface area contributed by atoms with Gasteiger partial charge in [-0.3, -0.25) is 14.3 Å². The number of aromatic nitrogens is 2. The van der Waals surface area contributed by atoms with E-state index >= 15 is 0 Å². The highest BCUT2D eigenvalue weighted by Crippen LogP contribution is 2.12. The maximum absolute atomic E-state index is 12.4.